The Hall–Kier alpha value is -2.11. The molecule has 1 unspecified atom stereocenters. The highest BCUT2D eigenvalue weighted by Crippen LogP contribution is 2.18. The summed E-state index contributed by atoms with van der Waals surface area (Å²) >= 11 is 0. The van der Waals surface area contributed by atoms with Crippen LogP contribution in [0.3, 0.4) is 0 Å². The third-order valence-corrected chi connectivity index (χ3v) is 4.65. The predicted octanol–water partition coefficient (Wildman–Crippen LogP) is 3.14. The minimum absolute atomic E-state index is 0.0402. The second kappa shape index (κ2) is 10.8. The number of hydrogen-bond acceptors (Lipinski definition) is 3. The maximum absolute atomic E-state index is 12.9. The maximum Gasteiger partial charge on any atom is 0.260 e. The normalized spacial score (nSPS) is 17.0. The Kier molecular flexibility index (Phi) is 8.38. The Morgan fingerprint density at radius 1 is 1.23 bits per heavy atom. The molecular weight excluding hydrogens is 335 g/mol. The van der Waals surface area contributed by atoms with Gasteiger partial charge in [0.05, 0.1) is 5.92 Å². The SMILES string of the molecule is CCCCCCNC(=O)C1CCCN(C(=O)COc2ccc(F)cc2)C1. The zero-order valence-electron chi connectivity index (χ0n) is 15.5. The van der Waals surface area contributed by atoms with Crippen LogP contribution in [-0.4, -0.2) is 43.0 Å². The van der Waals surface area contributed by atoms with Crippen molar-refractivity contribution in [1.29, 1.82) is 0 Å². The van der Waals surface area contributed by atoms with Gasteiger partial charge in [0, 0.05) is 19.6 Å². The van der Waals surface area contributed by atoms with E-state index in [2.05, 4.69) is 12.2 Å². The lowest BCUT2D eigenvalue weighted by Crippen LogP contribution is -2.47. The first-order valence-corrected chi connectivity index (χ1v) is 9.54. The Balaban J connectivity index is 1.73. The molecule has 1 aromatic carbocycles. The van der Waals surface area contributed by atoms with Gasteiger partial charge in [-0.3, -0.25) is 9.59 Å². The van der Waals surface area contributed by atoms with Crippen LogP contribution in [0.25, 0.3) is 0 Å². The van der Waals surface area contributed by atoms with Crippen molar-refractivity contribution in [2.24, 2.45) is 5.92 Å². The maximum atomic E-state index is 12.9. The van der Waals surface area contributed by atoms with Crippen LogP contribution in [0, 0.1) is 11.7 Å². The van der Waals surface area contributed by atoms with Gasteiger partial charge in [0.1, 0.15) is 11.6 Å². The first kappa shape index (κ1) is 20.2. The lowest BCUT2D eigenvalue weighted by molar-refractivity contribution is -0.137. The molecule has 1 heterocycles. The Morgan fingerprint density at radius 3 is 2.73 bits per heavy atom. The van der Waals surface area contributed by atoms with E-state index in [1.165, 1.54) is 37.1 Å². The van der Waals surface area contributed by atoms with Gasteiger partial charge in [-0.2, -0.15) is 0 Å². The molecule has 0 aromatic heterocycles. The molecule has 2 rings (SSSR count). The molecule has 2 amide bonds. The molecule has 0 aliphatic carbocycles. The molecular formula is C20H29FN2O3. The summed E-state index contributed by atoms with van der Waals surface area (Å²) in [7, 11) is 0. The van der Waals surface area contributed by atoms with Gasteiger partial charge in [-0.25, -0.2) is 4.39 Å². The lowest BCUT2D eigenvalue weighted by Gasteiger charge is -2.32. The number of rotatable bonds is 9. The molecule has 6 heteroatoms. The predicted molar refractivity (Wildman–Crippen MR) is 98.4 cm³/mol. The Bertz CT molecular complexity index is 577. The Morgan fingerprint density at radius 2 is 2.00 bits per heavy atom. The van der Waals surface area contributed by atoms with Crippen LogP contribution in [0.15, 0.2) is 24.3 Å². The zero-order valence-corrected chi connectivity index (χ0v) is 15.5. The van der Waals surface area contributed by atoms with Crippen LogP contribution in [0.1, 0.15) is 45.4 Å². The average Bonchev–Trinajstić information content (AvgIpc) is 2.67. The molecule has 26 heavy (non-hydrogen) atoms. The number of ether oxygens (including phenoxy) is 1. The van der Waals surface area contributed by atoms with Crippen LogP contribution in [0.2, 0.25) is 0 Å². The third-order valence-electron chi connectivity index (χ3n) is 4.65. The number of likely N-dealkylation sites (tertiary alicyclic amines) is 1. The van der Waals surface area contributed by atoms with Crippen LogP contribution in [-0.2, 0) is 9.59 Å². The van der Waals surface area contributed by atoms with Gasteiger partial charge in [0.25, 0.3) is 5.91 Å². The Labute approximate surface area is 154 Å². The van der Waals surface area contributed by atoms with E-state index < -0.39 is 0 Å². The van der Waals surface area contributed by atoms with Crippen LogP contribution in [0.5, 0.6) is 5.75 Å². The van der Waals surface area contributed by atoms with Gasteiger partial charge in [0.15, 0.2) is 6.61 Å². The van der Waals surface area contributed by atoms with E-state index in [0.29, 0.717) is 25.4 Å². The van der Waals surface area contributed by atoms with Crippen molar-refractivity contribution in [2.45, 2.75) is 45.4 Å². The van der Waals surface area contributed by atoms with Crippen molar-refractivity contribution in [3.8, 4) is 5.75 Å². The number of amides is 2. The standard InChI is InChI=1S/C20H29FN2O3/c1-2-3-4-5-12-22-20(25)16-7-6-13-23(14-16)19(24)15-26-18-10-8-17(21)9-11-18/h8-11,16H,2-7,12-15H2,1H3,(H,22,25). The molecule has 1 aliphatic rings. The molecule has 1 fully saturated rings. The summed E-state index contributed by atoms with van der Waals surface area (Å²) < 4.78 is 18.3. The molecule has 0 radical (unpaired) electrons. The third kappa shape index (κ3) is 6.65. The van der Waals surface area contributed by atoms with Crippen LogP contribution in [0.4, 0.5) is 4.39 Å². The van der Waals surface area contributed by atoms with Crippen molar-refractivity contribution >= 4 is 11.8 Å². The summed E-state index contributed by atoms with van der Waals surface area (Å²) in [6.45, 7) is 3.85. The topological polar surface area (TPSA) is 58.6 Å². The monoisotopic (exact) mass is 364 g/mol. The molecule has 5 nitrogen and oxygen atoms in total. The van der Waals surface area contributed by atoms with Gasteiger partial charge >= 0.3 is 0 Å². The van der Waals surface area contributed by atoms with Gasteiger partial charge in [-0.1, -0.05) is 26.2 Å². The van der Waals surface area contributed by atoms with Gasteiger partial charge < -0.3 is 15.0 Å². The van der Waals surface area contributed by atoms with E-state index in [1.54, 1.807) is 4.90 Å². The number of nitrogens with zero attached hydrogens (tertiary/aromatic N) is 1. The number of halogens is 1. The number of carbonyl (C=O) groups is 2. The van der Waals surface area contributed by atoms with Crippen molar-refractivity contribution < 1.29 is 18.7 Å². The van der Waals surface area contributed by atoms with E-state index in [-0.39, 0.29) is 30.2 Å². The fraction of sp³-hybridized carbons (Fsp3) is 0.600. The minimum atomic E-state index is -0.344. The molecule has 1 aliphatic heterocycles. The highest BCUT2D eigenvalue weighted by Gasteiger charge is 2.28. The van der Waals surface area contributed by atoms with Crippen molar-refractivity contribution in [3.05, 3.63) is 30.1 Å². The highest BCUT2D eigenvalue weighted by atomic mass is 19.1. The molecule has 1 saturated heterocycles. The second-order valence-electron chi connectivity index (χ2n) is 6.77. The largest absolute Gasteiger partial charge is 0.484 e. The van der Waals surface area contributed by atoms with E-state index >= 15 is 0 Å². The number of piperidine rings is 1. The van der Waals surface area contributed by atoms with Crippen LogP contribution >= 0.6 is 0 Å². The van der Waals surface area contributed by atoms with Gasteiger partial charge in [-0.15, -0.1) is 0 Å². The molecule has 0 bridgehead atoms. The summed E-state index contributed by atoms with van der Waals surface area (Å²) in [4.78, 5) is 26.3. The van der Waals surface area contributed by atoms with Gasteiger partial charge in [0.2, 0.25) is 5.91 Å². The first-order valence-electron chi connectivity index (χ1n) is 9.54. The fourth-order valence-electron chi connectivity index (χ4n) is 3.09. The summed E-state index contributed by atoms with van der Waals surface area (Å²) in [6, 6.07) is 5.57. The fourth-order valence-corrected chi connectivity index (χ4v) is 3.09. The van der Waals surface area contributed by atoms with Crippen molar-refractivity contribution in [3.63, 3.8) is 0 Å². The smallest absolute Gasteiger partial charge is 0.260 e. The minimum Gasteiger partial charge on any atom is -0.484 e. The number of nitrogens with one attached hydrogen (secondary N) is 1. The average molecular weight is 364 g/mol. The zero-order chi connectivity index (χ0) is 18.8. The lowest BCUT2D eigenvalue weighted by atomic mass is 9.97. The van der Waals surface area contributed by atoms with Gasteiger partial charge in [-0.05, 0) is 43.5 Å². The molecule has 0 saturated carbocycles. The summed E-state index contributed by atoms with van der Waals surface area (Å²) in [5.41, 5.74) is 0. The van der Waals surface area contributed by atoms with E-state index in [0.717, 1.165) is 25.7 Å². The number of benzene rings is 1. The summed E-state index contributed by atoms with van der Waals surface area (Å²) in [5.74, 6) is -0.140. The molecule has 1 aromatic rings. The van der Waals surface area contributed by atoms with Crippen molar-refractivity contribution in [1.82, 2.24) is 10.2 Å². The highest BCUT2D eigenvalue weighted by molar-refractivity contribution is 5.81. The number of carbonyl (C=O) groups excluding carboxylic acids is 2. The number of unbranched alkanes of at least 4 members (excludes halogenated alkanes) is 3. The first-order chi connectivity index (χ1) is 12.6. The van der Waals surface area contributed by atoms with E-state index in [9.17, 15) is 14.0 Å². The molecule has 1 N–H and O–H groups in total. The van der Waals surface area contributed by atoms with E-state index in [1.807, 2.05) is 0 Å². The quantitative estimate of drug-likeness (QED) is 0.685. The van der Waals surface area contributed by atoms with Crippen molar-refractivity contribution in [2.75, 3.05) is 26.2 Å². The second-order valence-corrected chi connectivity index (χ2v) is 6.77. The summed E-state index contributed by atoms with van der Waals surface area (Å²) in [5, 5.41) is 2.99. The number of hydrogen-bond donors (Lipinski definition) is 1. The van der Waals surface area contributed by atoms with Crippen LogP contribution < -0.4 is 10.1 Å². The molecule has 0 spiro atoms. The molecule has 144 valence electrons. The molecule has 1 atom stereocenters. The van der Waals surface area contributed by atoms with E-state index in [4.69, 9.17) is 4.74 Å². The summed E-state index contributed by atoms with van der Waals surface area (Å²) in [6.07, 6.45) is 6.12.